The zero-order valence-electron chi connectivity index (χ0n) is 20.4. The molecule has 2 aromatic rings. The van der Waals surface area contributed by atoms with E-state index in [-0.39, 0.29) is 23.9 Å². The lowest BCUT2D eigenvalue weighted by atomic mass is 9.96. The standard InChI is InChI=1S/C26H30N6O4/c1-16-15-18(5-8-20(16)25(34)31-13-10-29-11-14-31)32-12-9-21(22(27)24(28)33)23(26(32)35)30-17-3-6-19(36-2)7-4-17/h3-8,15,29H,9-14,27H2,1-2H3,(H2,28,33). The minimum absolute atomic E-state index is 0.0215. The number of aliphatic imine (C=N–C) groups is 1. The van der Waals surface area contributed by atoms with Gasteiger partial charge in [-0.1, -0.05) is 0 Å². The van der Waals surface area contributed by atoms with Crippen LogP contribution in [0.4, 0.5) is 11.4 Å². The van der Waals surface area contributed by atoms with E-state index in [2.05, 4.69) is 10.3 Å². The number of nitrogens with zero attached hydrogens (tertiary/aromatic N) is 3. The molecule has 2 saturated heterocycles. The molecule has 10 heteroatoms. The summed E-state index contributed by atoms with van der Waals surface area (Å²) in [6, 6.07) is 12.2. The number of rotatable bonds is 5. The molecule has 5 N–H and O–H groups in total. The van der Waals surface area contributed by atoms with E-state index in [9.17, 15) is 14.4 Å². The Morgan fingerprint density at radius 1 is 1.03 bits per heavy atom. The predicted molar refractivity (Wildman–Crippen MR) is 137 cm³/mol. The number of anilines is 1. The molecule has 0 unspecified atom stereocenters. The predicted octanol–water partition coefficient (Wildman–Crippen LogP) is 1.26. The molecule has 4 rings (SSSR count). The van der Waals surface area contributed by atoms with Gasteiger partial charge < -0.3 is 31.3 Å². The summed E-state index contributed by atoms with van der Waals surface area (Å²) in [5.74, 6) is -0.585. The molecule has 0 spiro atoms. The van der Waals surface area contributed by atoms with Gasteiger partial charge in [-0.2, -0.15) is 0 Å². The molecular weight excluding hydrogens is 460 g/mol. The Balaban J connectivity index is 1.66. The maximum Gasteiger partial charge on any atom is 0.277 e. The van der Waals surface area contributed by atoms with Gasteiger partial charge in [-0.25, -0.2) is 4.99 Å². The molecule has 2 aromatic carbocycles. The molecular formula is C26H30N6O4. The smallest absolute Gasteiger partial charge is 0.277 e. The first-order valence-electron chi connectivity index (χ1n) is 11.7. The number of piperidine rings is 1. The van der Waals surface area contributed by atoms with Gasteiger partial charge in [0.1, 0.15) is 17.2 Å². The van der Waals surface area contributed by atoms with Crippen molar-refractivity contribution < 1.29 is 19.1 Å². The summed E-state index contributed by atoms with van der Waals surface area (Å²) in [6.07, 6.45) is 0.302. The van der Waals surface area contributed by atoms with Crippen molar-refractivity contribution in [3.8, 4) is 5.75 Å². The molecule has 2 fully saturated rings. The van der Waals surface area contributed by atoms with Gasteiger partial charge in [0.2, 0.25) is 0 Å². The minimum Gasteiger partial charge on any atom is -0.497 e. The second kappa shape index (κ2) is 10.6. The zero-order valence-corrected chi connectivity index (χ0v) is 20.4. The van der Waals surface area contributed by atoms with Gasteiger partial charge in [-0.05, 0) is 61.4 Å². The van der Waals surface area contributed by atoms with Crippen LogP contribution in [-0.4, -0.2) is 68.2 Å². The van der Waals surface area contributed by atoms with Gasteiger partial charge >= 0.3 is 0 Å². The molecule has 36 heavy (non-hydrogen) atoms. The van der Waals surface area contributed by atoms with Gasteiger partial charge in [0.25, 0.3) is 17.7 Å². The first kappa shape index (κ1) is 24.9. The molecule has 2 heterocycles. The number of nitrogens with two attached hydrogens (primary N) is 2. The number of benzene rings is 2. The van der Waals surface area contributed by atoms with Gasteiger partial charge in [0.15, 0.2) is 0 Å². The van der Waals surface area contributed by atoms with Crippen molar-refractivity contribution in [1.82, 2.24) is 10.2 Å². The quantitative estimate of drug-likeness (QED) is 0.539. The lowest BCUT2D eigenvalue weighted by Crippen LogP contribution is -2.46. The van der Waals surface area contributed by atoms with Crippen molar-refractivity contribution in [2.75, 3.05) is 44.7 Å². The molecule has 0 radical (unpaired) electrons. The summed E-state index contributed by atoms with van der Waals surface area (Å²) >= 11 is 0. The summed E-state index contributed by atoms with van der Waals surface area (Å²) in [6.45, 7) is 5.00. The summed E-state index contributed by atoms with van der Waals surface area (Å²) in [7, 11) is 1.56. The number of primary amides is 1. The first-order chi connectivity index (χ1) is 17.3. The summed E-state index contributed by atoms with van der Waals surface area (Å²) < 4.78 is 5.18. The Morgan fingerprint density at radius 2 is 1.72 bits per heavy atom. The van der Waals surface area contributed by atoms with Crippen LogP contribution in [0.25, 0.3) is 0 Å². The molecule has 0 bridgehead atoms. The Labute approximate surface area is 209 Å². The first-order valence-corrected chi connectivity index (χ1v) is 11.7. The van der Waals surface area contributed by atoms with E-state index in [0.717, 1.165) is 18.7 Å². The molecule has 0 aromatic heterocycles. The highest BCUT2D eigenvalue weighted by Crippen LogP contribution is 2.28. The van der Waals surface area contributed by atoms with Crippen molar-refractivity contribution in [2.45, 2.75) is 13.3 Å². The third-order valence-corrected chi connectivity index (χ3v) is 6.38. The number of hydrogen-bond acceptors (Lipinski definition) is 7. The number of aryl methyl sites for hydroxylation is 1. The number of carbonyl (C=O) groups excluding carboxylic acids is 3. The second-order valence-electron chi connectivity index (χ2n) is 8.66. The Hall–Kier alpha value is -4.18. The van der Waals surface area contributed by atoms with E-state index in [0.29, 0.717) is 47.8 Å². The van der Waals surface area contributed by atoms with Gasteiger partial charge in [0, 0.05) is 49.5 Å². The van der Waals surface area contributed by atoms with Crippen molar-refractivity contribution in [3.63, 3.8) is 0 Å². The number of carbonyl (C=O) groups is 3. The summed E-state index contributed by atoms with van der Waals surface area (Å²) in [4.78, 5) is 46.3. The van der Waals surface area contributed by atoms with Crippen LogP contribution in [0.2, 0.25) is 0 Å². The van der Waals surface area contributed by atoms with Crippen molar-refractivity contribution in [2.24, 2.45) is 16.5 Å². The van der Waals surface area contributed by atoms with E-state index in [1.54, 1.807) is 48.4 Å². The van der Waals surface area contributed by atoms with Gasteiger partial charge in [-0.15, -0.1) is 0 Å². The molecule has 0 atom stereocenters. The highest BCUT2D eigenvalue weighted by molar-refractivity contribution is 6.51. The fraction of sp³-hybridized carbons (Fsp3) is 0.308. The van der Waals surface area contributed by atoms with Crippen LogP contribution in [0.1, 0.15) is 22.3 Å². The van der Waals surface area contributed by atoms with Crippen molar-refractivity contribution in [3.05, 3.63) is 64.9 Å². The summed E-state index contributed by atoms with van der Waals surface area (Å²) in [5, 5.41) is 3.24. The average molecular weight is 491 g/mol. The third-order valence-electron chi connectivity index (χ3n) is 6.38. The van der Waals surface area contributed by atoms with Crippen molar-refractivity contribution >= 4 is 34.8 Å². The highest BCUT2D eigenvalue weighted by atomic mass is 16.5. The van der Waals surface area contributed by atoms with Crippen LogP contribution in [0, 0.1) is 6.92 Å². The minimum atomic E-state index is -0.805. The molecule has 2 aliphatic heterocycles. The van der Waals surface area contributed by atoms with Crippen LogP contribution in [0.15, 0.2) is 58.7 Å². The maximum absolute atomic E-state index is 13.6. The number of hydrogen-bond donors (Lipinski definition) is 3. The van der Waals surface area contributed by atoms with Crippen LogP contribution < -0.4 is 26.4 Å². The van der Waals surface area contributed by atoms with Crippen molar-refractivity contribution in [1.29, 1.82) is 0 Å². The zero-order chi connectivity index (χ0) is 25.8. The Bertz CT molecular complexity index is 1250. The van der Waals surface area contributed by atoms with E-state index in [4.69, 9.17) is 16.2 Å². The normalized spacial score (nSPS) is 18.8. The molecule has 10 nitrogen and oxygen atoms in total. The van der Waals surface area contributed by atoms with E-state index in [1.807, 2.05) is 17.9 Å². The van der Waals surface area contributed by atoms with Gasteiger partial charge in [0.05, 0.1) is 12.8 Å². The number of piperazine rings is 1. The third kappa shape index (κ3) is 5.08. The van der Waals surface area contributed by atoms with Crippen LogP contribution >= 0.6 is 0 Å². The average Bonchev–Trinajstić information content (AvgIpc) is 2.89. The molecule has 0 saturated carbocycles. The lowest BCUT2D eigenvalue weighted by molar-refractivity contribution is -0.114. The highest BCUT2D eigenvalue weighted by Gasteiger charge is 2.33. The topological polar surface area (TPSA) is 143 Å². The van der Waals surface area contributed by atoms with E-state index < -0.39 is 11.8 Å². The van der Waals surface area contributed by atoms with Crippen LogP contribution in [0.3, 0.4) is 0 Å². The fourth-order valence-corrected chi connectivity index (χ4v) is 4.35. The number of methoxy groups -OCH3 is 1. The van der Waals surface area contributed by atoms with Crippen LogP contribution in [0.5, 0.6) is 5.75 Å². The second-order valence-corrected chi connectivity index (χ2v) is 8.66. The Morgan fingerprint density at radius 3 is 2.33 bits per heavy atom. The van der Waals surface area contributed by atoms with E-state index in [1.165, 1.54) is 0 Å². The molecule has 0 aliphatic carbocycles. The fourth-order valence-electron chi connectivity index (χ4n) is 4.35. The Kier molecular flexibility index (Phi) is 7.35. The van der Waals surface area contributed by atoms with E-state index >= 15 is 0 Å². The molecule has 188 valence electrons. The number of nitrogens with one attached hydrogen (secondary N) is 1. The number of ether oxygens (including phenoxy) is 1. The summed E-state index contributed by atoms with van der Waals surface area (Å²) in [5.41, 5.74) is 14.1. The maximum atomic E-state index is 13.6. The molecule has 3 amide bonds. The van der Waals surface area contributed by atoms with Crippen LogP contribution in [-0.2, 0) is 9.59 Å². The largest absolute Gasteiger partial charge is 0.497 e. The SMILES string of the molecule is COc1ccc(N=C2C(=O)N(c3ccc(C(=O)N4CCNCC4)c(C)c3)CCC2=C(N)C(N)=O)cc1. The monoisotopic (exact) mass is 490 g/mol. The lowest BCUT2D eigenvalue weighted by Gasteiger charge is -2.31. The number of amides is 3. The van der Waals surface area contributed by atoms with Gasteiger partial charge in [-0.3, -0.25) is 14.4 Å². The molecule has 2 aliphatic rings.